The second-order valence-electron chi connectivity index (χ2n) is 3.79. The van der Waals surface area contributed by atoms with Crippen molar-refractivity contribution < 1.29 is 9.53 Å². The molecule has 0 aliphatic heterocycles. The van der Waals surface area contributed by atoms with E-state index in [1.165, 1.54) is 12.8 Å². The van der Waals surface area contributed by atoms with Gasteiger partial charge in [-0.3, -0.25) is 4.79 Å². The van der Waals surface area contributed by atoms with Crippen molar-refractivity contribution in [2.24, 2.45) is 5.92 Å². The number of amides is 1. The van der Waals surface area contributed by atoms with Crippen LogP contribution in [0, 0.1) is 5.92 Å². The third-order valence-electron chi connectivity index (χ3n) is 2.19. The summed E-state index contributed by atoms with van der Waals surface area (Å²) in [6, 6.07) is 0. The zero-order valence-corrected chi connectivity index (χ0v) is 9.13. The molecule has 0 aromatic rings. The van der Waals surface area contributed by atoms with Gasteiger partial charge < -0.3 is 15.4 Å². The van der Waals surface area contributed by atoms with Crippen molar-refractivity contribution in [3.63, 3.8) is 0 Å². The fourth-order valence-corrected chi connectivity index (χ4v) is 1.15. The van der Waals surface area contributed by atoms with Crippen LogP contribution in [0.25, 0.3) is 0 Å². The maximum Gasteiger partial charge on any atom is 0.234 e. The number of carbonyl (C=O) groups excluding carboxylic acids is 1. The summed E-state index contributed by atoms with van der Waals surface area (Å²) in [4.78, 5) is 11.2. The number of hydrogen-bond acceptors (Lipinski definition) is 3. The fraction of sp³-hybridized carbons (Fsp3) is 0.727. The lowest BCUT2D eigenvalue weighted by Crippen LogP contribution is -2.35. The Morgan fingerprint density at radius 3 is 3.00 bits per heavy atom. The van der Waals surface area contributed by atoms with E-state index in [-0.39, 0.29) is 5.91 Å². The number of ether oxygens (including phenoxy) is 1. The topological polar surface area (TPSA) is 50.4 Å². The average Bonchev–Trinajstić information content (AvgIpc) is 3.02. The second-order valence-corrected chi connectivity index (χ2v) is 3.79. The predicted molar refractivity (Wildman–Crippen MR) is 59.6 cm³/mol. The molecule has 0 bridgehead atoms. The van der Waals surface area contributed by atoms with Crippen LogP contribution in [0.1, 0.15) is 12.8 Å². The van der Waals surface area contributed by atoms with E-state index in [0.717, 1.165) is 12.5 Å². The van der Waals surface area contributed by atoms with E-state index in [1.54, 1.807) is 6.08 Å². The fourth-order valence-electron chi connectivity index (χ4n) is 1.15. The lowest BCUT2D eigenvalue weighted by molar-refractivity contribution is -0.120. The lowest BCUT2D eigenvalue weighted by atomic mass is 10.5. The van der Waals surface area contributed by atoms with Crippen LogP contribution in [0.3, 0.4) is 0 Å². The first-order chi connectivity index (χ1) is 7.33. The molecule has 4 heteroatoms. The van der Waals surface area contributed by atoms with Gasteiger partial charge in [0.25, 0.3) is 0 Å². The van der Waals surface area contributed by atoms with Crippen LogP contribution in [-0.4, -0.2) is 38.8 Å². The summed E-state index contributed by atoms with van der Waals surface area (Å²) in [6.07, 6.45) is 4.34. The highest BCUT2D eigenvalue weighted by molar-refractivity contribution is 5.77. The molecule has 0 heterocycles. The molecule has 1 aliphatic rings. The summed E-state index contributed by atoms with van der Waals surface area (Å²) >= 11 is 0. The molecule has 0 unspecified atom stereocenters. The Morgan fingerprint density at radius 1 is 1.53 bits per heavy atom. The highest BCUT2D eigenvalue weighted by Crippen LogP contribution is 2.28. The lowest BCUT2D eigenvalue weighted by Gasteiger charge is -2.06. The van der Waals surface area contributed by atoms with Gasteiger partial charge in [-0.2, -0.15) is 0 Å². The van der Waals surface area contributed by atoms with Crippen molar-refractivity contribution in [1.29, 1.82) is 0 Å². The van der Waals surface area contributed by atoms with Gasteiger partial charge in [-0.1, -0.05) is 6.08 Å². The molecule has 0 spiro atoms. The van der Waals surface area contributed by atoms with E-state index in [9.17, 15) is 4.79 Å². The third kappa shape index (κ3) is 7.11. The van der Waals surface area contributed by atoms with Crippen molar-refractivity contribution >= 4 is 5.91 Å². The first-order valence-corrected chi connectivity index (χ1v) is 5.49. The molecule has 0 aromatic carbocycles. The zero-order chi connectivity index (χ0) is 10.9. The first-order valence-electron chi connectivity index (χ1n) is 5.49. The van der Waals surface area contributed by atoms with Crippen molar-refractivity contribution in [2.45, 2.75) is 12.8 Å². The van der Waals surface area contributed by atoms with Crippen LogP contribution >= 0.6 is 0 Å². The Hall–Kier alpha value is -0.870. The smallest absolute Gasteiger partial charge is 0.234 e. The van der Waals surface area contributed by atoms with Crippen molar-refractivity contribution in [3.8, 4) is 0 Å². The average molecular weight is 212 g/mol. The Morgan fingerprint density at radius 2 is 2.33 bits per heavy atom. The normalized spacial score (nSPS) is 14.9. The molecule has 1 aliphatic carbocycles. The summed E-state index contributed by atoms with van der Waals surface area (Å²) in [5.74, 6) is 0.793. The predicted octanol–water partition coefficient (Wildman–Crippen LogP) is 0.305. The molecule has 1 fully saturated rings. The summed E-state index contributed by atoms with van der Waals surface area (Å²) in [5, 5.41) is 5.71. The Balaban J connectivity index is 1.80. The summed E-state index contributed by atoms with van der Waals surface area (Å²) < 4.78 is 5.38. The Bertz CT molecular complexity index is 203. The number of nitrogens with one attached hydrogen (secondary N) is 2. The van der Waals surface area contributed by atoms with Crippen molar-refractivity contribution in [2.75, 3.05) is 32.8 Å². The monoisotopic (exact) mass is 212 g/mol. The van der Waals surface area contributed by atoms with Crippen molar-refractivity contribution in [3.05, 3.63) is 12.7 Å². The summed E-state index contributed by atoms with van der Waals surface area (Å²) in [5.41, 5.74) is 0. The Labute approximate surface area is 91.1 Å². The zero-order valence-electron chi connectivity index (χ0n) is 9.13. The highest BCUT2D eigenvalue weighted by atomic mass is 16.5. The van der Waals surface area contributed by atoms with E-state index in [4.69, 9.17) is 4.74 Å². The molecule has 86 valence electrons. The van der Waals surface area contributed by atoms with E-state index in [2.05, 4.69) is 17.2 Å². The van der Waals surface area contributed by atoms with E-state index >= 15 is 0 Å². The number of hydrogen-bond donors (Lipinski definition) is 2. The maximum absolute atomic E-state index is 11.2. The molecule has 2 N–H and O–H groups in total. The van der Waals surface area contributed by atoms with Gasteiger partial charge in [0.1, 0.15) is 0 Å². The molecule has 4 nitrogen and oxygen atoms in total. The van der Waals surface area contributed by atoms with Gasteiger partial charge in [-0.15, -0.1) is 6.58 Å². The van der Waals surface area contributed by atoms with Crippen molar-refractivity contribution in [1.82, 2.24) is 10.6 Å². The van der Waals surface area contributed by atoms with Gasteiger partial charge in [-0.25, -0.2) is 0 Å². The van der Waals surface area contributed by atoms with Crippen LogP contribution in [0.4, 0.5) is 0 Å². The third-order valence-corrected chi connectivity index (χ3v) is 2.19. The minimum Gasteiger partial charge on any atom is -0.379 e. The van der Waals surface area contributed by atoms with E-state index in [0.29, 0.717) is 26.2 Å². The summed E-state index contributed by atoms with van der Waals surface area (Å²) in [6.45, 7) is 6.62. The van der Waals surface area contributed by atoms with Gasteiger partial charge in [0.05, 0.1) is 13.2 Å². The van der Waals surface area contributed by atoms with E-state index < -0.39 is 0 Å². The minimum atomic E-state index is 0.00636. The number of rotatable bonds is 9. The quantitative estimate of drug-likeness (QED) is 0.427. The standard InChI is InChI=1S/C11H20N2O2/c1-2-5-12-8-11(14)13-6-7-15-9-10-3-4-10/h2,10,12H,1,3-9H2,(H,13,14). The minimum absolute atomic E-state index is 0.00636. The molecule has 1 amide bonds. The molecular weight excluding hydrogens is 192 g/mol. The molecule has 1 rings (SSSR count). The van der Waals surface area contributed by atoms with Gasteiger partial charge in [0.15, 0.2) is 0 Å². The van der Waals surface area contributed by atoms with Crippen LogP contribution < -0.4 is 10.6 Å². The molecular formula is C11H20N2O2. The first kappa shape index (κ1) is 12.2. The molecule has 15 heavy (non-hydrogen) atoms. The van der Waals surface area contributed by atoms with Gasteiger partial charge >= 0.3 is 0 Å². The van der Waals surface area contributed by atoms with E-state index in [1.807, 2.05) is 0 Å². The Kier molecular flexibility index (Phi) is 6.04. The molecule has 0 aromatic heterocycles. The van der Waals surface area contributed by atoms with Crippen LogP contribution in [0.15, 0.2) is 12.7 Å². The molecule has 0 radical (unpaired) electrons. The second kappa shape index (κ2) is 7.43. The van der Waals surface area contributed by atoms with Gasteiger partial charge in [0, 0.05) is 19.7 Å². The molecule has 0 atom stereocenters. The summed E-state index contributed by atoms with van der Waals surface area (Å²) in [7, 11) is 0. The van der Waals surface area contributed by atoms with Crippen LogP contribution in [0.5, 0.6) is 0 Å². The van der Waals surface area contributed by atoms with Crippen LogP contribution in [0.2, 0.25) is 0 Å². The van der Waals surface area contributed by atoms with Crippen LogP contribution in [-0.2, 0) is 9.53 Å². The molecule has 0 saturated heterocycles. The van der Waals surface area contributed by atoms with Gasteiger partial charge in [0.2, 0.25) is 5.91 Å². The number of carbonyl (C=O) groups is 1. The largest absolute Gasteiger partial charge is 0.379 e. The highest BCUT2D eigenvalue weighted by Gasteiger charge is 2.20. The maximum atomic E-state index is 11.2. The molecule has 1 saturated carbocycles. The SMILES string of the molecule is C=CCNCC(=O)NCCOCC1CC1. The van der Waals surface area contributed by atoms with Gasteiger partial charge in [-0.05, 0) is 18.8 Å².